The molecule has 5 nitrogen and oxygen atoms in total. The fourth-order valence-corrected chi connectivity index (χ4v) is 2.97. The van der Waals surface area contributed by atoms with Gasteiger partial charge in [0.1, 0.15) is 11.9 Å². The normalized spacial score (nSPS) is 12.9. The Bertz CT molecular complexity index is 777. The minimum atomic E-state index is -0.658. The molecule has 0 saturated carbocycles. The summed E-state index contributed by atoms with van der Waals surface area (Å²) in [6.07, 6.45) is 1.61. The Hall–Kier alpha value is -2.73. The number of carbonyl (C=O) groups excluding carboxylic acids is 2. The summed E-state index contributed by atoms with van der Waals surface area (Å²) in [6, 6.07) is 12.1. The van der Waals surface area contributed by atoms with Crippen LogP contribution in [-0.4, -0.2) is 26.0 Å². The molecule has 0 aliphatic carbocycles. The van der Waals surface area contributed by atoms with E-state index in [2.05, 4.69) is 10.6 Å². The van der Waals surface area contributed by atoms with Crippen molar-refractivity contribution in [1.82, 2.24) is 10.6 Å². The van der Waals surface area contributed by atoms with Gasteiger partial charge in [-0.3, -0.25) is 4.79 Å². The predicted molar refractivity (Wildman–Crippen MR) is 102 cm³/mol. The first-order valence-corrected chi connectivity index (χ1v) is 8.91. The number of rotatable bonds is 8. The second kappa shape index (κ2) is 9.83. The molecule has 2 rings (SSSR count). The summed E-state index contributed by atoms with van der Waals surface area (Å²) in [5.74, 6) is -1.03. The molecule has 0 saturated heterocycles. The fourth-order valence-electron chi connectivity index (χ4n) is 2.97. The number of carbonyl (C=O) groups is 2. The molecular formula is C21H25FN2O3. The molecule has 6 heteroatoms. The Morgan fingerprint density at radius 2 is 1.81 bits per heavy atom. The zero-order chi connectivity index (χ0) is 19.8. The first-order valence-electron chi connectivity index (χ1n) is 8.91. The second-order valence-electron chi connectivity index (χ2n) is 6.24. The van der Waals surface area contributed by atoms with Crippen molar-refractivity contribution in [3.05, 3.63) is 71.0 Å². The molecule has 0 radical (unpaired) electrons. The highest BCUT2D eigenvalue weighted by Gasteiger charge is 2.23. The average molecular weight is 372 g/mol. The summed E-state index contributed by atoms with van der Waals surface area (Å²) in [6.45, 7) is 2.03. The van der Waals surface area contributed by atoms with Gasteiger partial charge in [0.2, 0.25) is 5.91 Å². The smallest absolute Gasteiger partial charge is 0.337 e. The lowest BCUT2D eigenvalue weighted by Crippen LogP contribution is -2.38. The molecule has 0 aliphatic rings. The van der Waals surface area contributed by atoms with Crippen molar-refractivity contribution in [3.8, 4) is 0 Å². The Morgan fingerprint density at radius 1 is 1.11 bits per heavy atom. The van der Waals surface area contributed by atoms with Crippen LogP contribution in [0.25, 0.3) is 0 Å². The number of amides is 1. The summed E-state index contributed by atoms with van der Waals surface area (Å²) in [5.41, 5.74) is 1.91. The van der Waals surface area contributed by atoms with Crippen molar-refractivity contribution in [2.45, 2.75) is 31.8 Å². The van der Waals surface area contributed by atoms with Crippen LogP contribution < -0.4 is 10.6 Å². The van der Waals surface area contributed by atoms with E-state index in [0.29, 0.717) is 11.1 Å². The number of hydrogen-bond donors (Lipinski definition) is 2. The minimum absolute atomic E-state index is 0.210. The van der Waals surface area contributed by atoms with Crippen LogP contribution in [0.4, 0.5) is 4.39 Å². The average Bonchev–Trinajstić information content (AvgIpc) is 2.68. The summed E-state index contributed by atoms with van der Waals surface area (Å²) >= 11 is 0. The Kier molecular flexibility index (Phi) is 7.49. The van der Waals surface area contributed by atoms with Crippen LogP contribution in [0.2, 0.25) is 0 Å². The van der Waals surface area contributed by atoms with Gasteiger partial charge in [-0.25, -0.2) is 9.18 Å². The van der Waals surface area contributed by atoms with E-state index in [1.165, 1.54) is 19.2 Å². The molecule has 0 aliphatic heterocycles. The van der Waals surface area contributed by atoms with Crippen molar-refractivity contribution in [2.24, 2.45) is 0 Å². The number of nitrogens with one attached hydrogen (secondary N) is 2. The van der Waals surface area contributed by atoms with E-state index in [1.54, 1.807) is 31.3 Å². The summed E-state index contributed by atoms with van der Waals surface area (Å²) in [5, 5.41) is 5.96. The molecule has 0 aromatic heterocycles. The van der Waals surface area contributed by atoms with E-state index in [9.17, 15) is 14.0 Å². The van der Waals surface area contributed by atoms with Crippen LogP contribution in [-0.2, 0) is 9.53 Å². The summed E-state index contributed by atoms with van der Waals surface area (Å²) in [4.78, 5) is 24.4. The highest BCUT2D eigenvalue weighted by Crippen LogP contribution is 2.22. The third-order valence-corrected chi connectivity index (χ3v) is 4.36. The first-order chi connectivity index (χ1) is 13.0. The number of halogens is 1. The van der Waals surface area contributed by atoms with Crippen molar-refractivity contribution in [1.29, 1.82) is 0 Å². The van der Waals surface area contributed by atoms with Gasteiger partial charge in [0.05, 0.1) is 18.7 Å². The van der Waals surface area contributed by atoms with E-state index in [-0.39, 0.29) is 17.8 Å². The van der Waals surface area contributed by atoms with Crippen molar-refractivity contribution >= 4 is 11.9 Å². The molecular weight excluding hydrogens is 347 g/mol. The number of benzene rings is 2. The van der Waals surface area contributed by atoms with Crippen molar-refractivity contribution in [3.63, 3.8) is 0 Å². The molecule has 2 unspecified atom stereocenters. The molecule has 0 bridgehead atoms. The Balaban J connectivity index is 2.18. The fraction of sp³-hybridized carbons (Fsp3) is 0.333. The van der Waals surface area contributed by atoms with Crippen LogP contribution >= 0.6 is 0 Å². The number of likely N-dealkylation sites (N-methyl/N-ethyl adjacent to an activating group) is 1. The van der Waals surface area contributed by atoms with Gasteiger partial charge in [-0.2, -0.15) is 0 Å². The molecule has 27 heavy (non-hydrogen) atoms. The molecule has 2 atom stereocenters. The zero-order valence-electron chi connectivity index (χ0n) is 15.8. The van der Waals surface area contributed by atoms with Crippen LogP contribution in [0.5, 0.6) is 0 Å². The van der Waals surface area contributed by atoms with Gasteiger partial charge >= 0.3 is 5.97 Å². The van der Waals surface area contributed by atoms with Gasteiger partial charge in [-0.05, 0) is 48.9 Å². The van der Waals surface area contributed by atoms with Gasteiger partial charge in [-0.15, -0.1) is 0 Å². The van der Waals surface area contributed by atoms with E-state index in [1.807, 2.05) is 19.1 Å². The van der Waals surface area contributed by atoms with Crippen molar-refractivity contribution < 1.29 is 18.7 Å². The SMILES string of the molecule is CCCC(NC(=O)C(NC)c1cccc(F)c1)c1ccc(C(=O)OC)cc1. The number of hydrogen-bond acceptors (Lipinski definition) is 4. The standard InChI is InChI=1S/C21H25FN2O3/c1-4-6-18(14-9-11-15(12-10-14)21(26)27-3)24-20(25)19(23-2)16-7-5-8-17(22)13-16/h5,7-13,18-19,23H,4,6H2,1-3H3,(H,24,25). The maximum Gasteiger partial charge on any atom is 0.337 e. The molecule has 1 amide bonds. The maximum absolute atomic E-state index is 13.5. The lowest BCUT2D eigenvalue weighted by atomic mass is 9.99. The van der Waals surface area contributed by atoms with Gasteiger partial charge in [0.25, 0.3) is 0 Å². The third-order valence-electron chi connectivity index (χ3n) is 4.36. The van der Waals surface area contributed by atoms with Gasteiger partial charge < -0.3 is 15.4 Å². The van der Waals surface area contributed by atoms with Crippen LogP contribution in [0.3, 0.4) is 0 Å². The highest BCUT2D eigenvalue weighted by molar-refractivity contribution is 5.89. The molecule has 2 N–H and O–H groups in total. The quantitative estimate of drug-likeness (QED) is 0.696. The van der Waals surface area contributed by atoms with Gasteiger partial charge in [0, 0.05) is 0 Å². The molecule has 0 spiro atoms. The van der Waals surface area contributed by atoms with E-state index in [4.69, 9.17) is 4.74 Å². The molecule has 2 aromatic rings. The van der Waals surface area contributed by atoms with Gasteiger partial charge in [-0.1, -0.05) is 37.6 Å². The summed E-state index contributed by atoms with van der Waals surface area (Å²) in [7, 11) is 3.00. The molecule has 0 heterocycles. The highest BCUT2D eigenvalue weighted by atomic mass is 19.1. The largest absolute Gasteiger partial charge is 0.465 e. The van der Waals surface area contributed by atoms with Gasteiger partial charge in [0.15, 0.2) is 0 Å². The second-order valence-corrected chi connectivity index (χ2v) is 6.24. The predicted octanol–water partition coefficient (Wildman–Crippen LogP) is 3.53. The number of esters is 1. The van der Waals surface area contributed by atoms with Crippen molar-refractivity contribution in [2.75, 3.05) is 14.2 Å². The van der Waals surface area contributed by atoms with E-state index < -0.39 is 12.0 Å². The lowest BCUT2D eigenvalue weighted by Gasteiger charge is -2.23. The Labute approximate surface area is 158 Å². The molecule has 144 valence electrons. The summed E-state index contributed by atoms with van der Waals surface area (Å²) < 4.78 is 18.2. The first kappa shape index (κ1) is 20.6. The van der Waals surface area contributed by atoms with Crippen LogP contribution in [0, 0.1) is 5.82 Å². The maximum atomic E-state index is 13.5. The zero-order valence-corrected chi connectivity index (χ0v) is 15.8. The van der Waals surface area contributed by atoms with Crippen LogP contribution in [0.1, 0.15) is 53.3 Å². The van der Waals surface area contributed by atoms with E-state index >= 15 is 0 Å². The molecule has 2 aromatic carbocycles. The number of methoxy groups -OCH3 is 1. The minimum Gasteiger partial charge on any atom is -0.465 e. The molecule has 0 fully saturated rings. The number of ether oxygens (including phenoxy) is 1. The topological polar surface area (TPSA) is 67.4 Å². The Morgan fingerprint density at radius 3 is 2.37 bits per heavy atom. The monoisotopic (exact) mass is 372 g/mol. The lowest BCUT2D eigenvalue weighted by molar-refractivity contribution is -0.124. The van der Waals surface area contributed by atoms with Crippen LogP contribution in [0.15, 0.2) is 48.5 Å². The van der Waals surface area contributed by atoms with E-state index in [0.717, 1.165) is 18.4 Å². The third kappa shape index (κ3) is 5.37.